The van der Waals surface area contributed by atoms with Gasteiger partial charge in [-0.05, 0) is 77.0 Å². The summed E-state index contributed by atoms with van der Waals surface area (Å²) >= 11 is 0. The van der Waals surface area contributed by atoms with E-state index in [1.807, 2.05) is 54.9 Å². The Morgan fingerprint density at radius 1 is 0.850 bits per heavy atom. The number of carboxylic acids is 1. The summed E-state index contributed by atoms with van der Waals surface area (Å²) in [6.45, 7) is 2.42. The van der Waals surface area contributed by atoms with Crippen LogP contribution in [-0.2, 0) is 6.54 Å². The van der Waals surface area contributed by atoms with Gasteiger partial charge in [0.2, 0.25) is 0 Å². The SMILES string of the molecule is C[C@@H](c1ccc2cnccc2c1)n1ccc2cc(-c3ccccc3)cc(C(=O)NCc3ccc(C(=O)O)cc3)c21. The molecule has 0 aliphatic rings. The molecule has 6 rings (SSSR count). The van der Waals surface area contributed by atoms with Crippen LogP contribution in [0.4, 0.5) is 0 Å². The van der Waals surface area contributed by atoms with Crippen molar-refractivity contribution in [3.63, 3.8) is 0 Å². The van der Waals surface area contributed by atoms with E-state index < -0.39 is 5.97 Å². The van der Waals surface area contributed by atoms with Crippen LogP contribution in [0.2, 0.25) is 0 Å². The maximum atomic E-state index is 13.7. The van der Waals surface area contributed by atoms with Crippen LogP contribution in [0.5, 0.6) is 0 Å². The number of carbonyl (C=O) groups is 2. The van der Waals surface area contributed by atoms with Crippen LogP contribution in [0, 0.1) is 0 Å². The fraction of sp³-hybridized carbons (Fsp3) is 0.0882. The van der Waals surface area contributed by atoms with Gasteiger partial charge in [-0.25, -0.2) is 4.79 Å². The number of nitrogens with zero attached hydrogens (tertiary/aromatic N) is 2. The number of fused-ring (bicyclic) bond motifs is 2. The van der Waals surface area contributed by atoms with Gasteiger partial charge in [0.15, 0.2) is 0 Å². The van der Waals surface area contributed by atoms with Crippen molar-refractivity contribution in [3.05, 3.63) is 138 Å². The summed E-state index contributed by atoms with van der Waals surface area (Å²) in [6, 6.07) is 31.1. The lowest BCUT2D eigenvalue weighted by molar-refractivity contribution is 0.0696. The lowest BCUT2D eigenvalue weighted by Crippen LogP contribution is -2.24. The summed E-state index contributed by atoms with van der Waals surface area (Å²) in [4.78, 5) is 29.2. The highest BCUT2D eigenvalue weighted by Crippen LogP contribution is 2.33. The molecule has 0 radical (unpaired) electrons. The molecule has 40 heavy (non-hydrogen) atoms. The molecule has 0 bridgehead atoms. The Kier molecular flexibility index (Phi) is 6.58. The second kappa shape index (κ2) is 10.5. The Bertz CT molecular complexity index is 1860. The molecule has 1 atom stereocenters. The van der Waals surface area contributed by atoms with Crippen LogP contribution >= 0.6 is 0 Å². The van der Waals surface area contributed by atoms with Crippen LogP contribution in [-0.4, -0.2) is 26.5 Å². The summed E-state index contributed by atoms with van der Waals surface area (Å²) in [7, 11) is 0. The van der Waals surface area contributed by atoms with E-state index in [4.69, 9.17) is 0 Å². The number of amides is 1. The van der Waals surface area contributed by atoms with Crippen molar-refractivity contribution in [2.75, 3.05) is 0 Å². The van der Waals surface area contributed by atoms with Crippen molar-refractivity contribution in [1.29, 1.82) is 0 Å². The molecule has 0 fully saturated rings. The average molecular weight is 526 g/mol. The molecule has 0 aliphatic heterocycles. The van der Waals surface area contributed by atoms with E-state index in [-0.39, 0.29) is 24.1 Å². The van der Waals surface area contributed by atoms with Crippen LogP contribution in [0.15, 0.2) is 116 Å². The Balaban J connectivity index is 1.40. The number of carbonyl (C=O) groups excluding carboxylic acids is 1. The third-order valence-corrected chi connectivity index (χ3v) is 7.38. The Morgan fingerprint density at radius 3 is 2.42 bits per heavy atom. The first-order valence-electron chi connectivity index (χ1n) is 13.1. The third kappa shape index (κ3) is 4.83. The van der Waals surface area contributed by atoms with E-state index >= 15 is 0 Å². The minimum absolute atomic E-state index is 0.0206. The molecule has 0 saturated heterocycles. The highest BCUT2D eigenvalue weighted by molar-refractivity contribution is 6.08. The Hall–Kier alpha value is -5.23. The van der Waals surface area contributed by atoms with Crippen LogP contribution < -0.4 is 5.32 Å². The van der Waals surface area contributed by atoms with Gasteiger partial charge in [0.1, 0.15) is 0 Å². The zero-order valence-corrected chi connectivity index (χ0v) is 21.9. The number of hydrogen-bond acceptors (Lipinski definition) is 3. The molecule has 6 aromatic rings. The minimum atomic E-state index is -0.978. The Morgan fingerprint density at radius 2 is 1.65 bits per heavy atom. The number of pyridine rings is 1. The first kappa shape index (κ1) is 25.1. The number of nitrogens with one attached hydrogen (secondary N) is 1. The summed E-state index contributed by atoms with van der Waals surface area (Å²) in [5.41, 5.74) is 5.61. The molecule has 196 valence electrons. The summed E-state index contributed by atoms with van der Waals surface area (Å²) < 4.78 is 2.16. The molecule has 2 aromatic heterocycles. The predicted molar refractivity (Wildman–Crippen MR) is 158 cm³/mol. The van der Waals surface area contributed by atoms with Crippen LogP contribution in [0.3, 0.4) is 0 Å². The number of aromatic carboxylic acids is 1. The number of carboxylic acid groups (broad SMARTS) is 1. The molecule has 1 amide bonds. The van der Waals surface area contributed by atoms with Gasteiger partial charge in [-0.15, -0.1) is 0 Å². The van der Waals surface area contributed by atoms with E-state index in [1.54, 1.807) is 30.5 Å². The van der Waals surface area contributed by atoms with Gasteiger partial charge in [-0.3, -0.25) is 9.78 Å². The van der Waals surface area contributed by atoms with Gasteiger partial charge >= 0.3 is 5.97 Å². The topological polar surface area (TPSA) is 84.2 Å². The quantitative estimate of drug-likeness (QED) is 0.233. The average Bonchev–Trinajstić information content (AvgIpc) is 3.43. The van der Waals surface area contributed by atoms with Crippen LogP contribution in [0.25, 0.3) is 32.8 Å². The van der Waals surface area contributed by atoms with Crippen molar-refractivity contribution in [3.8, 4) is 11.1 Å². The lowest BCUT2D eigenvalue weighted by atomic mass is 9.99. The molecule has 6 heteroatoms. The first-order chi connectivity index (χ1) is 19.5. The van der Waals surface area contributed by atoms with E-state index in [1.165, 1.54) is 0 Å². The second-order valence-corrected chi connectivity index (χ2v) is 9.89. The zero-order chi connectivity index (χ0) is 27.6. The number of benzene rings is 4. The number of rotatable bonds is 7. The molecule has 0 unspecified atom stereocenters. The van der Waals surface area contributed by atoms with Gasteiger partial charge in [0.05, 0.1) is 22.7 Å². The van der Waals surface area contributed by atoms with Crippen molar-refractivity contribution in [2.24, 2.45) is 0 Å². The predicted octanol–water partition coefficient (Wildman–Crippen LogP) is 7.09. The highest BCUT2D eigenvalue weighted by atomic mass is 16.4. The maximum absolute atomic E-state index is 13.7. The monoisotopic (exact) mass is 525 g/mol. The van der Waals surface area contributed by atoms with E-state index in [2.05, 4.69) is 52.1 Å². The van der Waals surface area contributed by atoms with E-state index in [0.717, 1.165) is 43.9 Å². The van der Waals surface area contributed by atoms with Crippen molar-refractivity contribution in [2.45, 2.75) is 19.5 Å². The summed E-state index contributed by atoms with van der Waals surface area (Å²) in [5, 5.41) is 15.4. The molecular weight excluding hydrogens is 498 g/mol. The maximum Gasteiger partial charge on any atom is 0.335 e. The Labute approximate surface area is 231 Å². The molecule has 0 spiro atoms. The zero-order valence-electron chi connectivity index (χ0n) is 21.9. The second-order valence-electron chi connectivity index (χ2n) is 9.89. The van der Waals surface area contributed by atoms with Gasteiger partial charge in [0, 0.05) is 35.9 Å². The van der Waals surface area contributed by atoms with Crippen molar-refractivity contribution < 1.29 is 14.7 Å². The van der Waals surface area contributed by atoms with E-state index in [0.29, 0.717) is 5.56 Å². The summed E-state index contributed by atoms with van der Waals surface area (Å²) in [6.07, 6.45) is 5.70. The van der Waals surface area contributed by atoms with Crippen molar-refractivity contribution in [1.82, 2.24) is 14.9 Å². The number of aromatic nitrogens is 2. The largest absolute Gasteiger partial charge is 0.478 e. The smallest absolute Gasteiger partial charge is 0.335 e. The minimum Gasteiger partial charge on any atom is -0.478 e. The standard InChI is InChI=1S/C34H27N3O3/c1-22(26-11-12-29-21-35-15-13-27(29)17-26)37-16-14-28-18-30(24-5-3-2-4-6-24)19-31(32(28)37)33(38)36-20-23-7-9-25(10-8-23)34(39)40/h2-19,21-22H,20H2,1H3,(H,36,38)(H,39,40)/t22-/m0/s1. The highest BCUT2D eigenvalue weighted by Gasteiger charge is 2.19. The molecular formula is C34H27N3O3. The fourth-order valence-electron chi connectivity index (χ4n) is 5.17. The lowest BCUT2D eigenvalue weighted by Gasteiger charge is -2.19. The fourth-order valence-corrected chi connectivity index (χ4v) is 5.17. The molecule has 6 nitrogen and oxygen atoms in total. The molecule has 0 aliphatic carbocycles. The third-order valence-electron chi connectivity index (χ3n) is 7.38. The van der Waals surface area contributed by atoms with E-state index in [9.17, 15) is 14.7 Å². The molecule has 2 heterocycles. The molecule has 2 N–H and O–H groups in total. The van der Waals surface area contributed by atoms with Gasteiger partial charge in [0.25, 0.3) is 5.91 Å². The molecule has 0 saturated carbocycles. The number of hydrogen-bond donors (Lipinski definition) is 2. The summed E-state index contributed by atoms with van der Waals surface area (Å²) in [5.74, 6) is -1.17. The molecule has 4 aromatic carbocycles. The van der Waals surface area contributed by atoms with Crippen molar-refractivity contribution >= 4 is 33.6 Å². The van der Waals surface area contributed by atoms with Crippen LogP contribution in [0.1, 0.15) is 44.8 Å². The van der Waals surface area contributed by atoms with Gasteiger partial charge in [-0.1, -0.05) is 54.6 Å². The van der Waals surface area contributed by atoms with Gasteiger partial charge in [-0.2, -0.15) is 0 Å². The van der Waals surface area contributed by atoms with Gasteiger partial charge < -0.3 is 15.0 Å². The first-order valence-corrected chi connectivity index (χ1v) is 13.1. The normalized spacial score (nSPS) is 11.9.